The quantitative estimate of drug-likeness (QED) is 0.0830. The van der Waals surface area contributed by atoms with E-state index in [-0.39, 0.29) is 12.1 Å². The Morgan fingerprint density at radius 3 is 2.03 bits per heavy atom. The molecule has 0 aromatic carbocycles. The molecule has 1 unspecified atom stereocenters. The minimum Gasteiger partial charge on any atom is -0.436 e. The van der Waals surface area contributed by atoms with Gasteiger partial charge in [0.05, 0.1) is 6.10 Å². The highest BCUT2D eigenvalue weighted by molar-refractivity contribution is 5.69. The molecule has 0 rings (SSSR count). The Bertz CT molecular complexity index is 394. The zero-order chi connectivity index (χ0) is 22.3. The first-order chi connectivity index (χ1) is 14.6. The molecule has 0 radical (unpaired) electrons. The van der Waals surface area contributed by atoms with E-state index >= 15 is 0 Å². The van der Waals surface area contributed by atoms with Gasteiger partial charge in [-0.05, 0) is 38.5 Å². The van der Waals surface area contributed by atoms with Gasteiger partial charge in [-0.15, -0.1) is 0 Å². The van der Waals surface area contributed by atoms with Gasteiger partial charge >= 0.3 is 5.97 Å². The van der Waals surface area contributed by atoms with Crippen molar-refractivity contribution in [3.63, 3.8) is 0 Å². The Balaban J connectivity index is 3.42. The summed E-state index contributed by atoms with van der Waals surface area (Å²) in [4.78, 5) is 11.7. The molecule has 2 atom stereocenters. The summed E-state index contributed by atoms with van der Waals surface area (Å²) >= 11 is 0. The first-order valence-corrected chi connectivity index (χ1v) is 12.8. The van der Waals surface area contributed by atoms with Gasteiger partial charge in [0.15, 0.2) is 0 Å². The maximum Gasteiger partial charge on any atom is 0.308 e. The largest absolute Gasteiger partial charge is 0.436 e. The summed E-state index contributed by atoms with van der Waals surface area (Å²) in [7, 11) is 0. The van der Waals surface area contributed by atoms with E-state index in [2.05, 4.69) is 26.0 Å². The number of aliphatic hydroxyl groups is 2. The van der Waals surface area contributed by atoms with Crippen LogP contribution in [0.4, 0.5) is 0 Å². The van der Waals surface area contributed by atoms with Crippen LogP contribution < -0.4 is 0 Å². The average molecular weight is 427 g/mol. The standard InChI is InChI=1S/C26H50O4/c1-3-5-7-13-18-22-25(28)30-26(29)23-19-15-12-10-9-11-14-17-21-24(27)20-16-8-6-4-2/h14,17,24-25,27-28H,3-13,15-16,18-23H2,1-2H3/b17-14-/t24-,25?/m1/s1. The molecule has 30 heavy (non-hydrogen) atoms. The van der Waals surface area contributed by atoms with Gasteiger partial charge in [-0.1, -0.05) is 96.6 Å². The van der Waals surface area contributed by atoms with Crippen LogP contribution in [-0.4, -0.2) is 28.6 Å². The van der Waals surface area contributed by atoms with Gasteiger partial charge < -0.3 is 14.9 Å². The number of aliphatic hydroxyl groups excluding tert-OH is 2. The fourth-order valence-corrected chi connectivity index (χ4v) is 3.55. The van der Waals surface area contributed by atoms with E-state index in [9.17, 15) is 15.0 Å². The zero-order valence-corrected chi connectivity index (χ0v) is 20.0. The van der Waals surface area contributed by atoms with Crippen LogP contribution in [0.15, 0.2) is 12.2 Å². The number of allylic oxidation sites excluding steroid dienone is 1. The average Bonchev–Trinajstić information content (AvgIpc) is 2.72. The van der Waals surface area contributed by atoms with Crippen LogP contribution in [0, 0.1) is 0 Å². The molecule has 2 N–H and O–H groups in total. The van der Waals surface area contributed by atoms with Crippen LogP contribution in [0.3, 0.4) is 0 Å². The topological polar surface area (TPSA) is 66.8 Å². The van der Waals surface area contributed by atoms with Gasteiger partial charge in [-0.25, -0.2) is 0 Å². The normalized spacial score (nSPS) is 13.6. The maximum atomic E-state index is 11.7. The molecule has 0 aromatic heterocycles. The molecule has 0 aliphatic rings. The van der Waals surface area contributed by atoms with Crippen molar-refractivity contribution in [2.75, 3.05) is 0 Å². The van der Waals surface area contributed by atoms with Crippen molar-refractivity contribution >= 4 is 5.97 Å². The molecule has 0 aliphatic carbocycles. The number of carbonyl (C=O) groups excluding carboxylic acids is 1. The summed E-state index contributed by atoms with van der Waals surface area (Å²) in [6, 6.07) is 0. The highest BCUT2D eigenvalue weighted by Gasteiger charge is 2.10. The summed E-state index contributed by atoms with van der Waals surface area (Å²) in [5.74, 6) is -0.271. The van der Waals surface area contributed by atoms with Crippen molar-refractivity contribution in [2.24, 2.45) is 0 Å². The van der Waals surface area contributed by atoms with Gasteiger partial charge in [-0.2, -0.15) is 0 Å². The van der Waals surface area contributed by atoms with Crippen molar-refractivity contribution in [3.8, 4) is 0 Å². The third kappa shape index (κ3) is 21.8. The Morgan fingerprint density at radius 1 is 0.733 bits per heavy atom. The smallest absolute Gasteiger partial charge is 0.308 e. The molecule has 0 bridgehead atoms. The lowest BCUT2D eigenvalue weighted by Crippen LogP contribution is -2.17. The van der Waals surface area contributed by atoms with E-state index in [0.717, 1.165) is 64.2 Å². The Kier molecular flexibility index (Phi) is 22.1. The Hall–Kier alpha value is -0.870. The van der Waals surface area contributed by atoms with Gasteiger partial charge in [0.2, 0.25) is 6.29 Å². The lowest BCUT2D eigenvalue weighted by Gasteiger charge is -2.11. The summed E-state index contributed by atoms with van der Waals surface area (Å²) in [6.07, 6.45) is 22.7. The van der Waals surface area contributed by atoms with Gasteiger partial charge in [0.1, 0.15) is 0 Å². The van der Waals surface area contributed by atoms with E-state index in [0.29, 0.717) is 12.8 Å². The highest BCUT2D eigenvalue weighted by atomic mass is 16.6. The molecule has 0 saturated heterocycles. The SMILES string of the molecule is CCCCCCCC(O)OC(=O)CCCCCCC/C=C\C[C@H](O)CCCCCC. The van der Waals surface area contributed by atoms with E-state index in [4.69, 9.17) is 4.74 Å². The summed E-state index contributed by atoms with van der Waals surface area (Å²) in [5.41, 5.74) is 0. The number of hydrogen-bond donors (Lipinski definition) is 2. The van der Waals surface area contributed by atoms with Crippen molar-refractivity contribution in [2.45, 2.75) is 148 Å². The first-order valence-electron chi connectivity index (χ1n) is 12.8. The lowest BCUT2D eigenvalue weighted by atomic mass is 10.1. The van der Waals surface area contributed by atoms with Crippen molar-refractivity contribution in [1.82, 2.24) is 0 Å². The number of unbranched alkanes of at least 4 members (excludes halogenated alkanes) is 12. The van der Waals surface area contributed by atoms with E-state index < -0.39 is 6.29 Å². The van der Waals surface area contributed by atoms with E-state index in [1.165, 1.54) is 44.9 Å². The second-order valence-electron chi connectivity index (χ2n) is 8.66. The Morgan fingerprint density at radius 2 is 1.30 bits per heavy atom. The molecular weight excluding hydrogens is 376 g/mol. The fraction of sp³-hybridized carbons (Fsp3) is 0.885. The number of hydrogen-bond acceptors (Lipinski definition) is 4. The van der Waals surface area contributed by atoms with Crippen LogP contribution in [0.5, 0.6) is 0 Å². The van der Waals surface area contributed by atoms with Crippen molar-refractivity contribution in [1.29, 1.82) is 0 Å². The first kappa shape index (κ1) is 29.1. The van der Waals surface area contributed by atoms with Crippen molar-refractivity contribution in [3.05, 3.63) is 12.2 Å². The summed E-state index contributed by atoms with van der Waals surface area (Å²) < 4.78 is 5.07. The van der Waals surface area contributed by atoms with Gasteiger partial charge in [0.25, 0.3) is 0 Å². The van der Waals surface area contributed by atoms with Crippen LogP contribution in [0.25, 0.3) is 0 Å². The molecule has 0 saturated carbocycles. The van der Waals surface area contributed by atoms with Crippen LogP contribution >= 0.6 is 0 Å². The fourth-order valence-electron chi connectivity index (χ4n) is 3.55. The minimum absolute atomic E-state index is 0.183. The number of carbonyl (C=O) groups is 1. The van der Waals surface area contributed by atoms with Crippen LogP contribution in [-0.2, 0) is 9.53 Å². The molecule has 178 valence electrons. The van der Waals surface area contributed by atoms with Crippen molar-refractivity contribution < 1.29 is 19.7 Å². The predicted octanol–water partition coefficient (Wildman–Crippen LogP) is 7.22. The maximum absolute atomic E-state index is 11.7. The van der Waals surface area contributed by atoms with E-state index in [1.54, 1.807) is 0 Å². The molecule has 4 heteroatoms. The molecule has 0 fully saturated rings. The van der Waals surface area contributed by atoms with E-state index in [1.807, 2.05) is 0 Å². The second-order valence-corrected chi connectivity index (χ2v) is 8.66. The second kappa shape index (κ2) is 22.8. The molecule has 0 aromatic rings. The highest BCUT2D eigenvalue weighted by Crippen LogP contribution is 2.12. The number of esters is 1. The van der Waals surface area contributed by atoms with Gasteiger partial charge in [0, 0.05) is 12.8 Å². The number of ether oxygens (including phenoxy) is 1. The molecule has 0 spiro atoms. The molecular formula is C26H50O4. The summed E-state index contributed by atoms with van der Waals surface area (Å²) in [6.45, 7) is 4.38. The predicted molar refractivity (Wildman–Crippen MR) is 126 cm³/mol. The Labute approximate surface area is 186 Å². The minimum atomic E-state index is -0.930. The monoisotopic (exact) mass is 426 g/mol. The van der Waals surface area contributed by atoms with Crippen LogP contribution in [0.1, 0.15) is 136 Å². The third-order valence-electron chi connectivity index (χ3n) is 5.54. The molecule has 0 aliphatic heterocycles. The lowest BCUT2D eigenvalue weighted by molar-refractivity contribution is -0.168. The third-order valence-corrected chi connectivity index (χ3v) is 5.54. The zero-order valence-electron chi connectivity index (χ0n) is 20.0. The molecule has 0 heterocycles. The summed E-state index contributed by atoms with van der Waals surface area (Å²) in [5, 5.41) is 19.7. The van der Waals surface area contributed by atoms with Gasteiger partial charge in [-0.3, -0.25) is 4.79 Å². The number of rotatable bonds is 22. The molecule has 4 nitrogen and oxygen atoms in total. The molecule has 0 amide bonds. The van der Waals surface area contributed by atoms with Crippen LogP contribution in [0.2, 0.25) is 0 Å².